The summed E-state index contributed by atoms with van der Waals surface area (Å²) in [5.41, 5.74) is 1.12. The van der Waals surface area contributed by atoms with E-state index in [1.54, 1.807) is 6.08 Å². The molecular formula is C16H11N3O6. The molecular weight excluding hydrogens is 330 g/mol. The van der Waals surface area contributed by atoms with Gasteiger partial charge in [0.25, 0.3) is 17.1 Å². The van der Waals surface area contributed by atoms with Gasteiger partial charge in [-0.05, 0) is 29.2 Å². The van der Waals surface area contributed by atoms with Crippen molar-refractivity contribution >= 4 is 22.6 Å². The highest BCUT2D eigenvalue weighted by molar-refractivity contribution is 6.05. The number of allylic oxidation sites excluding steroid dienone is 1. The first-order valence-electron chi connectivity index (χ1n) is 7.31. The monoisotopic (exact) mass is 341 g/mol. The van der Waals surface area contributed by atoms with Crippen molar-refractivity contribution in [2.24, 2.45) is 0 Å². The quantitative estimate of drug-likeness (QED) is 0.515. The van der Waals surface area contributed by atoms with Crippen LogP contribution in [0.1, 0.15) is 24.5 Å². The van der Waals surface area contributed by atoms with Gasteiger partial charge in [-0.15, -0.1) is 0 Å². The first-order chi connectivity index (χ1) is 11.8. The van der Waals surface area contributed by atoms with E-state index in [-0.39, 0.29) is 16.9 Å². The molecule has 0 aromatic heterocycles. The van der Waals surface area contributed by atoms with Crippen LogP contribution in [-0.2, 0) is 0 Å². The van der Waals surface area contributed by atoms with E-state index in [9.17, 15) is 30.3 Å². The molecule has 25 heavy (non-hydrogen) atoms. The van der Waals surface area contributed by atoms with Gasteiger partial charge in [-0.2, -0.15) is 0 Å². The maximum atomic E-state index is 11.4. The molecule has 0 saturated heterocycles. The summed E-state index contributed by atoms with van der Waals surface area (Å²) in [4.78, 5) is 31.7. The Hall–Kier alpha value is -3.62. The summed E-state index contributed by atoms with van der Waals surface area (Å²) in [6.07, 6.45) is 2.31. The molecule has 0 atom stereocenters. The molecule has 0 spiro atoms. The Morgan fingerprint density at radius 2 is 1.48 bits per heavy atom. The van der Waals surface area contributed by atoms with E-state index in [0.29, 0.717) is 28.7 Å². The summed E-state index contributed by atoms with van der Waals surface area (Å²) >= 11 is 0. The van der Waals surface area contributed by atoms with Gasteiger partial charge in [0, 0.05) is 23.8 Å². The lowest BCUT2D eigenvalue weighted by atomic mass is 10.0. The van der Waals surface area contributed by atoms with Gasteiger partial charge >= 0.3 is 0 Å². The van der Waals surface area contributed by atoms with E-state index >= 15 is 0 Å². The molecule has 2 aromatic rings. The molecule has 2 aromatic carbocycles. The molecule has 0 aliphatic heterocycles. The first-order valence-corrected chi connectivity index (χ1v) is 7.31. The number of nitro benzene ring substituents is 3. The van der Waals surface area contributed by atoms with Gasteiger partial charge in [0.2, 0.25) is 0 Å². The molecule has 9 heteroatoms. The third kappa shape index (κ3) is 2.51. The third-order valence-corrected chi connectivity index (χ3v) is 3.98. The third-order valence-electron chi connectivity index (χ3n) is 3.98. The minimum atomic E-state index is -0.692. The van der Waals surface area contributed by atoms with Gasteiger partial charge in [0.05, 0.1) is 26.4 Å². The van der Waals surface area contributed by atoms with Crippen LogP contribution in [0, 0.1) is 30.3 Å². The molecule has 0 heterocycles. The maximum absolute atomic E-state index is 11.4. The van der Waals surface area contributed by atoms with Crippen LogP contribution in [-0.4, -0.2) is 14.8 Å². The lowest BCUT2D eigenvalue weighted by Gasteiger charge is -2.03. The summed E-state index contributed by atoms with van der Waals surface area (Å²) in [7, 11) is 0. The molecule has 1 aliphatic carbocycles. The topological polar surface area (TPSA) is 129 Å². The number of hydrogen-bond acceptors (Lipinski definition) is 6. The molecule has 126 valence electrons. The Morgan fingerprint density at radius 1 is 0.840 bits per heavy atom. The SMILES string of the molecule is CCC=C1c2cc([N+](=O)[O-])ccc2-c2c1cc([N+](=O)[O-])cc2[N+](=O)[O-]. The van der Waals surface area contributed by atoms with E-state index in [0.717, 1.165) is 6.07 Å². The molecule has 0 fully saturated rings. The van der Waals surface area contributed by atoms with Gasteiger partial charge in [-0.25, -0.2) is 0 Å². The number of nitrogens with zero attached hydrogens (tertiary/aromatic N) is 3. The molecule has 3 rings (SSSR count). The molecule has 0 radical (unpaired) electrons. The molecule has 0 saturated carbocycles. The summed E-state index contributed by atoms with van der Waals surface area (Å²) in [6.45, 7) is 1.84. The molecule has 0 bridgehead atoms. The fraction of sp³-hybridized carbons (Fsp3) is 0.125. The fourth-order valence-electron chi connectivity index (χ4n) is 3.01. The molecule has 0 unspecified atom stereocenters. The summed E-state index contributed by atoms with van der Waals surface area (Å²) in [5.74, 6) is 0. The van der Waals surface area contributed by atoms with E-state index in [4.69, 9.17) is 0 Å². The second-order valence-corrected chi connectivity index (χ2v) is 5.41. The minimum Gasteiger partial charge on any atom is -0.258 e. The van der Waals surface area contributed by atoms with Crippen LogP contribution in [0.15, 0.2) is 36.4 Å². The first kappa shape index (κ1) is 16.2. The van der Waals surface area contributed by atoms with Crippen molar-refractivity contribution in [2.75, 3.05) is 0 Å². The normalized spacial score (nSPS) is 13.4. The number of hydrogen-bond donors (Lipinski definition) is 0. The lowest BCUT2D eigenvalue weighted by Crippen LogP contribution is -1.96. The zero-order valence-corrected chi connectivity index (χ0v) is 13.0. The van der Waals surface area contributed by atoms with Crippen LogP contribution in [0.5, 0.6) is 0 Å². The van der Waals surface area contributed by atoms with E-state index in [2.05, 4.69) is 0 Å². The number of benzene rings is 2. The van der Waals surface area contributed by atoms with Crippen LogP contribution in [0.4, 0.5) is 17.1 Å². The average molecular weight is 341 g/mol. The Kier molecular flexibility index (Phi) is 3.76. The maximum Gasteiger partial charge on any atom is 0.284 e. The summed E-state index contributed by atoms with van der Waals surface area (Å²) in [5, 5.41) is 33.6. The zero-order chi connectivity index (χ0) is 18.3. The summed E-state index contributed by atoms with van der Waals surface area (Å²) < 4.78 is 0. The Morgan fingerprint density at radius 3 is 2.04 bits per heavy atom. The smallest absolute Gasteiger partial charge is 0.258 e. The molecule has 1 aliphatic rings. The molecule has 9 nitrogen and oxygen atoms in total. The largest absolute Gasteiger partial charge is 0.284 e. The van der Waals surface area contributed by atoms with Crippen molar-refractivity contribution in [3.63, 3.8) is 0 Å². The van der Waals surface area contributed by atoms with Crippen LogP contribution in [0.3, 0.4) is 0 Å². The Bertz CT molecular complexity index is 980. The van der Waals surface area contributed by atoms with Crippen LogP contribution < -0.4 is 0 Å². The van der Waals surface area contributed by atoms with Crippen LogP contribution in [0.25, 0.3) is 16.7 Å². The van der Waals surface area contributed by atoms with Gasteiger partial charge in [-0.3, -0.25) is 30.3 Å². The van der Waals surface area contributed by atoms with Crippen molar-refractivity contribution in [1.29, 1.82) is 0 Å². The number of rotatable bonds is 4. The summed E-state index contributed by atoms with van der Waals surface area (Å²) in [6, 6.07) is 6.24. The van der Waals surface area contributed by atoms with E-state index in [1.807, 2.05) is 6.92 Å². The highest BCUT2D eigenvalue weighted by Crippen LogP contribution is 2.50. The molecule has 0 amide bonds. The van der Waals surface area contributed by atoms with Gasteiger partial charge < -0.3 is 0 Å². The van der Waals surface area contributed by atoms with Crippen LogP contribution in [0.2, 0.25) is 0 Å². The number of non-ortho nitro benzene ring substituents is 2. The van der Waals surface area contributed by atoms with Crippen molar-refractivity contribution in [3.05, 3.63) is 77.9 Å². The van der Waals surface area contributed by atoms with E-state index in [1.165, 1.54) is 24.3 Å². The van der Waals surface area contributed by atoms with Gasteiger partial charge in [-0.1, -0.05) is 13.0 Å². The number of fused-ring (bicyclic) bond motifs is 3. The highest BCUT2D eigenvalue weighted by atomic mass is 16.6. The Labute approximate surface area is 140 Å². The average Bonchev–Trinajstić information content (AvgIpc) is 2.87. The van der Waals surface area contributed by atoms with Gasteiger partial charge in [0.15, 0.2) is 0 Å². The standard InChI is InChI=1S/C16H11N3O6/c1-2-3-11-13-6-9(17(20)21)4-5-12(13)16-14(11)7-10(18(22)23)8-15(16)19(24)25/h3-8H,2H2,1H3. The minimum absolute atomic E-state index is 0.147. The van der Waals surface area contributed by atoms with Gasteiger partial charge in [0.1, 0.15) is 0 Å². The molecule has 0 N–H and O–H groups in total. The number of nitro groups is 3. The Balaban J connectivity index is 2.40. The second-order valence-electron chi connectivity index (χ2n) is 5.41. The predicted molar refractivity (Wildman–Crippen MR) is 89.2 cm³/mol. The lowest BCUT2D eigenvalue weighted by molar-refractivity contribution is -0.393. The zero-order valence-electron chi connectivity index (χ0n) is 13.0. The van der Waals surface area contributed by atoms with Crippen molar-refractivity contribution in [2.45, 2.75) is 13.3 Å². The van der Waals surface area contributed by atoms with Crippen molar-refractivity contribution in [1.82, 2.24) is 0 Å². The highest BCUT2D eigenvalue weighted by Gasteiger charge is 2.34. The van der Waals surface area contributed by atoms with Crippen LogP contribution >= 0.6 is 0 Å². The van der Waals surface area contributed by atoms with E-state index < -0.39 is 20.5 Å². The second kappa shape index (κ2) is 5.78. The van der Waals surface area contributed by atoms with Crippen molar-refractivity contribution < 1.29 is 14.8 Å². The predicted octanol–water partition coefficient (Wildman–Crippen LogP) is 4.23. The fourth-order valence-corrected chi connectivity index (χ4v) is 3.01. The van der Waals surface area contributed by atoms with Crippen molar-refractivity contribution in [3.8, 4) is 11.1 Å².